The third-order valence-corrected chi connectivity index (χ3v) is 4.02. The molecule has 1 aromatic rings. The van der Waals surface area contributed by atoms with Crippen LogP contribution in [-0.4, -0.2) is 31.6 Å². The summed E-state index contributed by atoms with van der Waals surface area (Å²) in [6, 6.07) is 3.67. The number of ether oxygens (including phenoxy) is 1. The van der Waals surface area contributed by atoms with Gasteiger partial charge in [-0.1, -0.05) is 11.6 Å². The van der Waals surface area contributed by atoms with Crippen molar-refractivity contribution in [2.24, 2.45) is 0 Å². The molecule has 5 heteroatoms. The minimum Gasteiger partial charge on any atom is -0.380 e. The molecule has 0 radical (unpaired) electrons. The summed E-state index contributed by atoms with van der Waals surface area (Å²) in [7, 11) is 1.68. The normalized spacial score (nSPS) is 24.9. The first kappa shape index (κ1) is 12.0. The van der Waals surface area contributed by atoms with Crippen molar-refractivity contribution in [3.63, 3.8) is 0 Å². The maximum Gasteiger partial charge on any atom is 0.155 e. The minimum atomic E-state index is -0.0641. The van der Waals surface area contributed by atoms with E-state index in [9.17, 15) is 4.79 Å². The van der Waals surface area contributed by atoms with Crippen molar-refractivity contribution >= 4 is 28.7 Å². The largest absolute Gasteiger partial charge is 0.380 e. The van der Waals surface area contributed by atoms with Crippen molar-refractivity contribution in [3.05, 3.63) is 21.3 Å². The van der Waals surface area contributed by atoms with Crippen LogP contribution in [-0.2, 0) is 16.0 Å². The van der Waals surface area contributed by atoms with Crippen molar-refractivity contribution in [1.82, 2.24) is 5.32 Å². The lowest BCUT2D eigenvalue weighted by molar-refractivity contribution is -0.120. The number of thiophene rings is 1. The van der Waals surface area contributed by atoms with Crippen LogP contribution in [0.5, 0.6) is 0 Å². The number of ketones is 1. The van der Waals surface area contributed by atoms with Gasteiger partial charge in [0.2, 0.25) is 0 Å². The van der Waals surface area contributed by atoms with E-state index in [-0.39, 0.29) is 17.9 Å². The maximum absolute atomic E-state index is 11.9. The van der Waals surface area contributed by atoms with Gasteiger partial charge in [0.05, 0.1) is 16.5 Å². The molecule has 0 aromatic carbocycles. The zero-order valence-corrected chi connectivity index (χ0v) is 10.6. The molecule has 2 unspecified atom stereocenters. The second-order valence-electron chi connectivity index (χ2n) is 3.90. The van der Waals surface area contributed by atoms with Crippen LogP contribution in [0.3, 0.4) is 0 Å². The number of methoxy groups -OCH3 is 1. The highest BCUT2D eigenvalue weighted by molar-refractivity contribution is 7.16. The van der Waals surface area contributed by atoms with Gasteiger partial charge in [-0.3, -0.25) is 4.79 Å². The lowest BCUT2D eigenvalue weighted by Crippen LogP contribution is -2.31. The first-order valence-electron chi connectivity index (χ1n) is 5.22. The van der Waals surface area contributed by atoms with E-state index in [1.807, 2.05) is 12.1 Å². The van der Waals surface area contributed by atoms with Crippen LogP contribution in [0, 0.1) is 0 Å². The van der Waals surface area contributed by atoms with E-state index >= 15 is 0 Å². The fraction of sp³-hybridized carbons (Fsp3) is 0.545. The van der Waals surface area contributed by atoms with Gasteiger partial charge in [-0.25, -0.2) is 0 Å². The molecule has 3 nitrogen and oxygen atoms in total. The Labute approximate surface area is 104 Å². The average Bonchev–Trinajstić information content (AvgIpc) is 2.87. The molecule has 0 aliphatic carbocycles. The highest BCUT2D eigenvalue weighted by Gasteiger charge is 2.29. The van der Waals surface area contributed by atoms with Gasteiger partial charge in [-0.15, -0.1) is 11.3 Å². The molecule has 88 valence electrons. The molecule has 1 saturated heterocycles. The summed E-state index contributed by atoms with van der Waals surface area (Å²) in [6.45, 7) is 0.762. The minimum absolute atomic E-state index is 0.0641. The Morgan fingerprint density at radius 3 is 3.06 bits per heavy atom. The Kier molecular flexibility index (Phi) is 3.97. The van der Waals surface area contributed by atoms with Gasteiger partial charge in [0.25, 0.3) is 0 Å². The summed E-state index contributed by atoms with van der Waals surface area (Å²) in [5, 5.41) is 3.18. The topological polar surface area (TPSA) is 38.3 Å². The Bertz CT molecular complexity index is 380. The van der Waals surface area contributed by atoms with Gasteiger partial charge in [0.1, 0.15) is 0 Å². The molecule has 1 aliphatic heterocycles. The van der Waals surface area contributed by atoms with E-state index in [2.05, 4.69) is 5.32 Å². The molecule has 0 amide bonds. The molecular weight excluding hydrogens is 246 g/mol. The number of hydrogen-bond donors (Lipinski definition) is 1. The number of Topliss-reactive ketones (excluding diaryl/α,β-unsaturated/α-hetero) is 1. The number of nitrogens with one attached hydrogen (secondary N) is 1. The Hall–Kier alpha value is -0.420. The molecule has 16 heavy (non-hydrogen) atoms. The summed E-state index contributed by atoms with van der Waals surface area (Å²) in [5.41, 5.74) is 0. The van der Waals surface area contributed by atoms with Crippen molar-refractivity contribution < 1.29 is 9.53 Å². The number of carbonyl (C=O) groups is 1. The standard InChI is InChI=1S/C11H14ClNO2S/c1-15-7-4-9(13-6-7)10(14)5-8-2-3-11(12)16-8/h2-3,7,9,13H,4-6H2,1H3. The molecule has 0 spiro atoms. The Morgan fingerprint density at radius 1 is 1.69 bits per heavy atom. The Morgan fingerprint density at radius 2 is 2.50 bits per heavy atom. The maximum atomic E-state index is 11.9. The molecule has 1 fully saturated rings. The van der Waals surface area contributed by atoms with Gasteiger partial charge < -0.3 is 10.1 Å². The first-order valence-corrected chi connectivity index (χ1v) is 6.41. The summed E-state index contributed by atoms with van der Waals surface area (Å²) < 4.78 is 5.95. The van der Waals surface area contributed by atoms with Gasteiger partial charge in [0.15, 0.2) is 5.78 Å². The van der Waals surface area contributed by atoms with Crippen molar-refractivity contribution in [1.29, 1.82) is 0 Å². The third kappa shape index (κ3) is 2.83. The second kappa shape index (κ2) is 5.27. The zero-order valence-electron chi connectivity index (χ0n) is 9.03. The van der Waals surface area contributed by atoms with Gasteiger partial charge >= 0.3 is 0 Å². The monoisotopic (exact) mass is 259 g/mol. The van der Waals surface area contributed by atoms with Gasteiger partial charge in [0, 0.05) is 25.0 Å². The lowest BCUT2D eigenvalue weighted by Gasteiger charge is -2.07. The van der Waals surface area contributed by atoms with Crippen LogP contribution in [0.25, 0.3) is 0 Å². The predicted molar refractivity (Wildman–Crippen MR) is 65.2 cm³/mol. The number of hydrogen-bond acceptors (Lipinski definition) is 4. The summed E-state index contributed by atoms with van der Waals surface area (Å²) >= 11 is 7.29. The highest BCUT2D eigenvalue weighted by atomic mass is 35.5. The van der Waals surface area contributed by atoms with Crippen LogP contribution < -0.4 is 5.32 Å². The molecule has 0 saturated carbocycles. The van der Waals surface area contributed by atoms with Crippen LogP contribution >= 0.6 is 22.9 Å². The molecule has 2 atom stereocenters. The average molecular weight is 260 g/mol. The molecular formula is C11H14ClNO2S. The molecule has 1 aliphatic rings. The fourth-order valence-corrected chi connectivity index (χ4v) is 2.97. The predicted octanol–water partition coefficient (Wildman–Crippen LogP) is 1.89. The van der Waals surface area contributed by atoms with E-state index in [0.717, 1.165) is 22.2 Å². The summed E-state index contributed by atoms with van der Waals surface area (Å²) in [6.07, 6.45) is 1.40. The number of halogens is 1. The van der Waals surface area contributed by atoms with Crippen LogP contribution in [0.1, 0.15) is 11.3 Å². The van der Waals surface area contributed by atoms with E-state index in [4.69, 9.17) is 16.3 Å². The van der Waals surface area contributed by atoms with E-state index in [1.165, 1.54) is 11.3 Å². The molecule has 0 bridgehead atoms. The molecule has 2 rings (SSSR count). The fourth-order valence-electron chi connectivity index (χ4n) is 1.87. The number of carbonyl (C=O) groups excluding carboxylic acids is 1. The first-order chi connectivity index (χ1) is 7.69. The van der Waals surface area contributed by atoms with Crippen LogP contribution in [0.2, 0.25) is 4.34 Å². The van der Waals surface area contributed by atoms with Crippen LogP contribution in [0.4, 0.5) is 0 Å². The SMILES string of the molecule is COC1CNC(C(=O)Cc2ccc(Cl)s2)C1. The number of rotatable bonds is 4. The van der Waals surface area contributed by atoms with Crippen molar-refractivity contribution in [2.45, 2.75) is 25.0 Å². The zero-order chi connectivity index (χ0) is 11.5. The quantitative estimate of drug-likeness (QED) is 0.898. The summed E-state index contributed by atoms with van der Waals surface area (Å²) in [4.78, 5) is 13.0. The van der Waals surface area contributed by atoms with Crippen molar-refractivity contribution in [3.8, 4) is 0 Å². The molecule has 2 heterocycles. The smallest absolute Gasteiger partial charge is 0.155 e. The van der Waals surface area contributed by atoms with E-state index < -0.39 is 0 Å². The lowest BCUT2D eigenvalue weighted by atomic mass is 10.1. The van der Waals surface area contributed by atoms with E-state index in [1.54, 1.807) is 7.11 Å². The second-order valence-corrected chi connectivity index (χ2v) is 5.70. The summed E-state index contributed by atoms with van der Waals surface area (Å²) in [5.74, 6) is 0.220. The van der Waals surface area contributed by atoms with Gasteiger partial charge in [-0.2, -0.15) is 0 Å². The molecule has 1 N–H and O–H groups in total. The van der Waals surface area contributed by atoms with Crippen molar-refractivity contribution in [2.75, 3.05) is 13.7 Å². The van der Waals surface area contributed by atoms with Crippen LogP contribution in [0.15, 0.2) is 12.1 Å². The Balaban J connectivity index is 1.89. The third-order valence-electron chi connectivity index (χ3n) is 2.79. The van der Waals surface area contributed by atoms with E-state index in [0.29, 0.717) is 6.42 Å². The van der Waals surface area contributed by atoms with Gasteiger partial charge in [-0.05, 0) is 18.6 Å². The highest BCUT2D eigenvalue weighted by Crippen LogP contribution is 2.23. The molecule has 1 aromatic heterocycles.